The van der Waals surface area contributed by atoms with Crippen LogP contribution in [0, 0.1) is 55.7 Å². The first-order chi connectivity index (χ1) is 11.1. The molecule has 0 amide bonds. The quantitative estimate of drug-likeness (QED) is 0.614. The summed E-state index contributed by atoms with van der Waals surface area (Å²) in [5.74, 6) is 5.27. The Labute approximate surface area is 131 Å². The molecule has 0 N–H and O–H groups in total. The summed E-state index contributed by atoms with van der Waals surface area (Å²) in [6, 6.07) is 3.76. The van der Waals surface area contributed by atoms with Gasteiger partial charge in [-0.05, 0) is 54.4 Å². The average molecular weight is 316 g/mol. The highest BCUT2D eigenvalue weighted by atomic mass is 16.6. The highest BCUT2D eigenvalue weighted by Gasteiger charge is 2.77. The monoisotopic (exact) mass is 316 g/mol. The number of non-ortho nitro benzene ring substituents is 1. The fourth-order valence-corrected chi connectivity index (χ4v) is 5.49. The molecule has 23 heavy (non-hydrogen) atoms. The number of benzene rings is 1. The van der Waals surface area contributed by atoms with E-state index in [1.807, 2.05) is 0 Å². The molecule has 7 nitrogen and oxygen atoms in total. The van der Waals surface area contributed by atoms with Crippen LogP contribution in [0.5, 0.6) is 0 Å². The number of hydrogen-bond donors (Lipinski definition) is 0. The summed E-state index contributed by atoms with van der Waals surface area (Å²) in [6.45, 7) is 0.160. The van der Waals surface area contributed by atoms with Crippen LogP contribution in [0.15, 0.2) is 18.2 Å². The fourth-order valence-electron chi connectivity index (χ4n) is 5.49. The van der Waals surface area contributed by atoms with Crippen molar-refractivity contribution < 1.29 is 14.6 Å². The minimum Gasteiger partial charge on any atom is -0.373 e. The number of nitrogens with zero attached hydrogens (tertiary/aromatic N) is 2. The van der Waals surface area contributed by atoms with Gasteiger partial charge in [0.05, 0.1) is 34.2 Å². The fraction of sp³-hybridized carbons (Fsp3) is 0.625. The molecule has 0 heterocycles. The van der Waals surface area contributed by atoms with Crippen molar-refractivity contribution in [3.63, 3.8) is 0 Å². The summed E-state index contributed by atoms with van der Waals surface area (Å²) in [4.78, 5) is 20.7. The first-order valence-electron chi connectivity index (χ1n) is 8.09. The molecular weight excluding hydrogens is 300 g/mol. The molecule has 4 aliphatic rings. The topological polar surface area (TPSA) is 95.5 Å². The lowest BCUT2D eigenvalue weighted by Crippen LogP contribution is -2.67. The molecule has 1 aromatic carbocycles. The first-order valence-corrected chi connectivity index (χ1v) is 8.09. The molecule has 0 spiro atoms. The van der Waals surface area contributed by atoms with E-state index >= 15 is 0 Å². The van der Waals surface area contributed by atoms with Gasteiger partial charge < -0.3 is 4.74 Å². The number of hydrogen-bond acceptors (Lipinski definition) is 5. The standard InChI is InChI=1S/C16H16N2O5/c19-17(20)8-2-1-7(12(3-8)18(21)22)6-23-13-5-11-14-9-4-10(9)16(14)15(11)13/h1-3,9-11,13-16H,4-6H2/t9-,10-,11+,13-,14+,15-,16-/m0/s1. The van der Waals surface area contributed by atoms with Gasteiger partial charge in [0.2, 0.25) is 0 Å². The molecule has 0 saturated heterocycles. The van der Waals surface area contributed by atoms with Crippen LogP contribution in [0.1, 0.15) is 18.4 Å². The number of ether oxygens (including phenoxy) is 1. The van der Waals surface area contributed by atoms with Crippen molar-refractivity contribution in [1.29, 1.82) is 0 Å². The maximum atomic E-state index is 11.1. The number of fused-ring (bicyclic) bond motifs is 7. The van der Waals surface area contributed by atoms with Crippen LogP contribution in [0.25, 0.3) is 0 Å². The molecule has 7 heteroatoms. The molecule has 0 aromatic heterocycles. The lowest BCUT2D eigenvalue weighted by Gasteiger charge is -2.68. The molecule has 4 fully saturated rings. The van der Waals surface area contributed by atoms with E-state index in [1.165, 1.54) is 18.6 Å². The van der Waals surface area contributed by atoms with Crippen molar-refractivity contribution in [1.82, 2.24) is 0 Å². The minimum atomic E-state index is -0.620. The van der Waals surface area contributed by atoms with E-state index in [0.717, 1.165) is 42.1 Å². The Kier molecular flexibility index (Phi) is 2.50. The smallest absolute Gasteiger partial charge is 0.281 e. The zero-order valence-corrected chi connectivity index (χ0v) is 12.3. The Balaban J connectivity index is 1.27. The molecule has 4 aliphatic carbocycles. The lowest BCUT2D eigenvalue weighted by molar-refractivity contribution is -0.394. The molecule has 120 valence electrons. The molecule has 0 unspecified atom stereocenters. The third-order valence-corrected chi connectivity index (χ3v) is 6.62. The first kappa shape index (κ1) is 13.4. The van der Waals surface area contributed by atoms with E-state index in [4.69, 9.17) is 4.74 Å². The van der Waals surface area contributed by atoms with Gasteiger partial charge in [0.1, 0.15) is 0 Å². The molecular formula is C16H16N2O5. The van der Waals surface area contributed by atoms with Crippen molar-refractivity contribution in [3.05, 3.63) is 44.0 Å². The largest absolute Gasteiger partial charge is 0.373 e. The molecule has 5 rings (SSSR count). The van der Waals surface area contributed by atoms with Gasteiger partial charge in [0, 0.05) is 6.07 Å². The summed E-state index contributed by atoms with van der Waals surface area (Å²) < 4.78 is 5.93. The zero-order chi connectivity index (χ0) is 15.9. The van der Waals surface area contributed by atoms with E-state index in [9.17, 15) is 20.2 Å². The Hall–Kier alpha value is -2.02. The second-order valence-corrected chi connectivity index (χ2v) is 7.37. The van der Waals surface area contributed by atoms with Gasteiger partial charge in [-0.15, -0.1) is 0 Å². The molecule has 4 saturated carbocycles. The van der Waals surface area contributed by atoms with Crippen molar-refractivity contribution >= 4 is 11.4 Å². The van der Waals surface area contributed by atoms with Crippen molar-refractivity contribution in [2.24, 2.45) is 35.5 Å². The predicted molar refractivity (Wildman–Crippen MR) is 78.5 cm³/mol. The third kappa shape index (κ3) is 1.68. The van der Waals surface area contributed by atoms with Crippen molar-refractivity contribution in [3.8, 4) is 0 Å². The van der Waals surface area contributed by atoms with Crippen LogP contribution < -0.4 is 0 Å². The van der Waals surface area contributed by atoms with Crippen LogP contribution in [-0.2, 0) is 11.3 Å². The second kappa shape index (κ2) is 4.29. The van der Waals surface area contributed by atoms with Gasteiger partial charge in [0.15, 0.2) is 0 Å². The van der Waals surface area contributed by atoms with E-state index in [0.29, 0.717) is 11.5 Å². The number of rotatable bonds is 5. The van der Waals surface area contributed by atoms with Gasteiger partial charge >= 0.3 is 0 Å². The minimum absolute atomic E-state index is 0.160. The van der Waals surface area contributed by atoms with Gasteiger partial charge in [-0.25, -0.2) is 0 Å². The van der Waals surface area contributed by atoms with Gasteiger partial charge in [0.25, 0.3) is 11.4 Å². The second-order valence-electron chi connectivity index (χ2n) is 7.37. The van der Waals surface area contributed by atoms with Crippen LogP contribution in [0.2, 0.25) is 0 Å². The van der Waals surface area contributed by atoms with E-state index in [2.05, 4.69) is 0 Å². The molecule has 0 bridgehead atoms. The maximum absolute atomic E-state index is 11.1. The summed E-state index contributed by atoms with van der Waals surface area (Å²) in [7, 11) is 0. The average Bonchev–Trinajstić information content (AvgIpc) is 3.20. The van der Waals surface area contributed by atoms with Crippen molar-refractivity contribution in [2.45, 2.75) is 25.6 Å². The van der Waals surface area contributed by atoms with E-state index in [-0.39, 0.29) is 24.1 Å². The zero-order valence-electron chi connectivity index (χ0n) is 12.3. The lowest BCUT2D eigenvalue weighted by atomic mass is 9.38. The number of nitro benzene ring substituents is 2. The Bertz CT molecular complexity index is 735. The highest BCUT2D eigenvalue weighted by molar-refractivity contribution is 5.48. The van der Waals surface area contributed by atoms with Crippen LogP contribution >= 0.6 is 0 Å². The van der Waals surface area contributed by atoms with Crippen LogP contribution in [-0.4, -0.2) is 16.0 Å². The third-order valence-electron chi connectivity index (χ3n) is 6.62. The van der Waals surface area contributed by atoms with Gasteiger partial charge in [-0.3, -0.25) is 20.2 Å². The summed E-state index contributed by atoms with van der Waals surface area (Å²) in [5, 5.41) is 21.9. The summed E-state index contributed by atoms with van der Waals surface area (Å²) >= 11 is 0. The normalized spacial score (nSPS) is 41.3. The Morgan fingerprint density at radius 3 is 2.52 bits per heavy atom. The highest BCUT2D eigenvalue weighted by Crippen LogP contribution is 2.81. The SMILES string of the molecule is O=[N+]([O-])c1ccc(CO[C@H]2C[C@@H]3[C@H]4[C@H]5C[C@@H]5[C@@H]4[C@@H]32)c([N+](=O)[O-])c1. The number of nitro groups is 2. The van der Waals surface area contributed by atoms with Crippen molar-refractivity contribution in [2.75, 3.05) is 0 Å². The molecule has 1 aromatic rings. The van der Waals surface area contributed by atoms with E-state index < -0.39 is 9.85 Å². The predicted octanol–water partition coefficient (Wildman–Crippen LogP) is 2.92. The Morgan fingerprint density at radius 2 is 1.78 bits per heavy atom. The summed E-state index contributed by atoms with van der Waals surface area (Å²) in [5.41, 5.74) is -0.0782. The summed E-state index contributed by atoms with van der Waals surface area (Å²) in [6.07, 6.45) is 2.70. The Morgan fingerprint density at radius 1 is 1.00 bits per heavy atom. The van der Waals surface area contributed by atoms with Crippen LogP contribution in [0.3, 0.4) is 0 Å². The van der Waals surface area contributed by atoms with Gasteiger partial charge in [-0.2, -0.15) is 0 Å². The van der Waals surface area contributed by atoms with E-state index in [1.54, 1.807) is 0 Å². The maximum Gasteiger partial charge on any atom is 0.281 e. The molecule has 7 atom stereocenters. The van der Waals surface area contributed by atoms with Crippen LogP contribution in [0.4, 0.5) is 11.4 Å². The van der Waals surface area contributed by atoms with Gasteiger partial charge in [-0.1, -0.05) is 0 Å². The molecule has 0 aliphatic heterocycles. The molecule has 0 radical (unpaired) electrons.